The molecule has 254 valence electrons. The molecule has 3 aliphatic rings. The molecular formula is C31H56N4O9. The van der Waals surface area contributed by atoms with Crippen LogP contribution in [0.25, 0.3) is 0 Å². The molecule has 3 aliphatic heterocycles. The SMILES string of the molecule is CC[C@H]1OC(=O)C(C)C(=O)[C@H](C)[C@@H](O[C@@H]2O[C@H](CN)CC(N(C)C)[C@H]2O)[C@](C)(OC)C[C@@H](C)CN[C@H](C)[C@H]2NC(=O)O[C@@]21C. The molecular weight excluding hydrogens is 572 g/mol. The molecule has 44 heavy (non-hydrogen) atoms. The highest BCUT2D eigenvalue weighted by Crippen LogP contribution is 2.37. The third-order valence-electron chi connectivity index (χ3n) is 9.98. The highest BCUT2D eigenvalue weighted by atomic mass is 16.7. The van der Waals surface area contributed by atoms with E-state index in [0.717, 1.165) is 0 Å². The number of ketones is 1. The summed E-state index contributed by atoms with van der Waals surface area (Å²) in [4.78, 5) is 41.9. The van der Waals surface area contributed by atoms with Crippen LogP contribution >= 0.6 is 0 Å². The topological polar surface area (TPSA) is 171 Å². The van der Waals surface area contributed by atoms with Crippen molar-refractivity contribution in [3.05, 3.63) is 0 Å². The van der Waals surface area contributed by atoms with Gasteiger partial charge in [-0.15, -0.1) is 0 Å². The standard InChI is InChI=1S/C31H56N4O9/c1-11-22-31(7)25(34-29(39)44-31)19(5)33-15-16(2)13-30(6,40-10)26(17(3)23(36)18(4)27(38)42-22)43-28-24(37)21(35(8)9)12-20(14-32)41-28/h16-22,24-26,28,33,37H,11-15,32H2,1-10H3,(H,34,39)/t16-,17+,18?,19-,20+,21?,22-,24-,25-,26-,28+,30-,31-/m1/s1. The Morgan fingerprint density at radius 3 is 2.36 bits per heavy atom. The molecule has 0 aromatic carbocycles. The molecule has 13 nitrogen and oxygen atoms in total. The zero-order valence-corrected chi connectivity index (χ0v) is 28.1. The van der Waals surface area contributed by atoms with Gasteiger partial charge in [-0.25, -0.2) is 4.79 Å². The molecule has 5 N–H and O–H groups in total. The third-order valence-corrected chi connectivity index (χ3v) is 9.98. The number of rotatable bonds is 6. The van der Waals surface area contributed by atoms with Gasteiger partial charge in [-0.3, -0.25) is 9.59 Å². The first-order chi connectivity index (χ1) is 20.5. The molecule has 0 radical (unpaired) electrons. The van der Waals surface area contributed by atoms with Crippen molar-refractivity contribution >= 4 is 17.8 Å². The average Bonchev–Trinajstić information content (AvgIpc) is 3.30. The molecule has 3 rings (SSSR count). The Bertz CT molecular complexity index is 1020. The van der Waals surface area contributed by atoms with E-state index in [1.807, 2.05) is 39.8 Å². The van der Waals surface area contributed by atoms with Crippen molar-refractivity contribution in [1.29, 1.82) is 0 Å². The normalized spacial score (nSPS) is 44.7. The third kappa shape index (κ3) is 7.56. The summed E-state index contributed by atoms with van der Waals surface area (Å²) < 4.78 is 30.5. The summed E-state index contributed by atoms with van der Waals surface area (Å²) in [6.07, 6.45) is -3.38. The van der Waals surface area contributed by atoms with E-state index in [-0.39, 0.29) is 30.7 Å². The van der Waals surface area contributed by atoms with E-state index in [0.29, 0.717) is 25.8 Å². The van der Waals surface area contributed by atoms with Crippen LogP contribution < -0.4 is 16.4 Å². The Morgan fingerprint density at radius 2 is 1.80 bits per heavy atom. The molecule has 3 fully saturated rings. The minimum Gasteiger partial charge on any atom is -0.458 e. The number of aliphatic hydroxyl groups excluding tert-OH is 1. The van der Waals surface area contributed by atoms with Crippen molar-refractivity contribution in [2.75, 3.05) is 34.3 Å². The van der Waals surface area contributed by atoms with Crippen LogP contribution in [0, 0.1) is 17.8 Å². The molecule has 2 unspecified atom stereocenters. The van der Waals surface area contributed by atoms with Crippen LogP contribution in [0.3, 0.4) is 0 Å². The Kier molecular flexibility index (Phi) is 12.2. The second-order valence-electron chi connectivity index (χ2n) is 13.6. The van der Waals surface area contributed by atoms with E-state index < -0.39 is 71.5 Å². The van der Waals surface area contributed by atoms with Gasteiger partial charge < -0.3 is 50.1 Å². The Hall–Kier alpha value is -1.87. The number of hydrogen-bond donors (Lipinski definition) is 4. The van der Waals surface area contributed by atoms with Crippen molar-refractivity contribution in [3.63, 3.8) is 0 Å². The summed E-state index contributed by atoms with van der Waals surface area (Å²) in [5.41, 5.74) is 3.79. The number of methoxy groups -OCH3 is 1. The first-order valence-electron chi connectivity index (χ1n) is 15.9. The van der Waals surface area contributed by atoms with Crippen LogP contribution in [-0.2, 0) is 33.3 Å². The van der Waals surface area contributed by atoms with Crippen LogP contribution in [0.15, 0.2) is 0 Å². The van der Waals surface area contributed by atoms with Crippen LogP contribution in [0.2, 0.25) is 0 Å². The molecule has 1 amide bonds. The van der Waals surface area contributed by atoms with Gasteiger partial charge in [-0.1, -0.05) is 20.8 Å². The summed E-state index contributed by atoms with van der Waals surface area (Å²) in [7, 11) is 5.31. The lowest BCUT2D eigenvalue weighted by atomic mass is 9.78. The fraction of sp³-hybridized carbons (Fsp3) is 0.903. The average molecular weight is 629 g/mol. The van der Waals surface area contributed by atoms with Gasteiger partial charge in [0.2, 0.25) is 0 Å². The molecule has 3 saturated heterocycles. The van der Waals surface area contributed by atoms with E-state index in [1.54, 1.807) is 21.0 Å². The summed E-state index contributed by atoms with van der Waals surface area (Å²) in [6.45, 7) is 13.5. The molecule has 0 aromatic rings. The summed E-state index contributed by atoms with van der Waals surface area (Å²) in [5.74, 6) is -3.11. The van der Waals surface area contributed by atoms with E-state index in [9.17, 15) is 19.5 Å². The van der Waals surface area contributed by atoms with Crippen LogP contribution in [0.5, 0.6) is 0 Å². The van der Waals surface area contributed by atoms with Crippen molar-refractivity contribution in [3.8, 4) is 0 Å². The van der Waals surface area contributed by atoms with Gasteiger partial charge in [0, 0.05) is 31.7 Å². The number of amides is 1. The Balaban J connectivity index is 2.03. The number of Topliss-reactive ketones (excluding diaryl/α,β-unsaturated/α-hetero) is 1. The fourth-order valence-corrected chi connectivity index (χ4v) is 7.17. The number of likely N-dealkylation sites (N-methyl/N-ethyl adjacent to an activating group) is 1. The fourth-order valence-electron chi connectivity index (χ4n) is 7.17. The number of carbonyl (C=O) groups is 3. The zero-order valence-electron chi connectivity index (χ0n) is 28.1. The lowest BCUT2D eigenvalue weighted by molar-refractivity contribution is -0.296. The number of aliphatic hydroxyl groups is 1. The maximum Gasteiger partial charge on any atom is 0.408 e. The highest BCUT2D eigenvalue weighted by Gasteiger charge is 2.55. The molecule has 0 bridgehead atoms. The molecule has 13 heteroatoms. The summed E-state index contributed by atoms with van der Waals surface area (Å²) in [6, 6.07) is -1.02. The summed E-state index contributed by atoms with van der Waals surface area (Å²) >= 11 is 0. The molecule has 0 aliphatic carbocycles. The Labute approximate surface area is 262 Å². The van der Waals surface area contributed by atoms with Crippen molar-refractivity contribution < 1.29 is 43.2 Å². The number of nitrogens with two attached hydrogens (primary N) is 1. The number of fused-ring (bicyclic) bond motifs is 1. The lowest BCUT2D eigenvalue weighted by Crippen LogP contribution is -2.60. The molecule has 0 spiro atoms. The smallest absolute Gasteiger partial charge is 0.408 e. The summed E-state index contributed by atoms with van der Waals surface area (Å²) in [5, 5.41) is 17.7. The van der Waals surface area contributed by atoms with Gasteiger partial charge >= 0.3 is 12.1 Å². The first kappa shape index (κ1) is 36.6. The first-order valence-corrected chi connectivity index (χ1v) is 15.9. The van der Waals surface area contributed by atoms with Crippen molar-refractivity contribution in [1.82, 2.24) is 15.5 Å². The largest absolute Gasteiger partial charge is 0.458 e. The second kappa shape index (κ2) is 14.7. The number of alkyl carbamates (subject to hydrolysis) is 1. The molecule has 13 atom stereocenters. The Morgan fingerprint density at radius 1 is 1.14 bits per heavy atom. The monoisotopic (exact) mass is 628 g/mol. The van der Waals surface area contributed by atoms with Crippen LogP contribution in [0.1, 0.15) is 67.7 Å². The maximum atomic E-state index is 14.0. The predicted molar refractivity (Wildman–Crippen MR) is 163 cm³/mol. The second-order valence-corrected chi connectivity index (χ2v) is 13.6. The minimum atomic E-state index is -1.16. The van der Waals surface area contributed by atoms with E-state index in [2.05, 4.69) is 17.6 Å². The number of carbonyl (C=O) groups excluding carboxylic acids is 3. The van der Waals surface area contributed by atoms with Gasteiger partial charge in [-0.2, -0.15) is 0 Å². The number of ether oxygens (including phenoxy) is 5. The van der Waals surface area contributed by atoms with Gasteiger partial charge in [0.15, 0.2) is 17.7 Å². The van der Waals surface area contributed by atoms with Crippen molar-refractivity contribution in [2.24, 2.45) is 23.5 Å². The van der Waals surface area contributed by atoms with Gasteiger partial charge in [0.1, 0.15) is 18.1 Å². The number of cyclic esters (lactones) is 1. The highest BCUT2D eigenvalue weighted by molar-refractivity contribution is 6.00. The van der Waals surface area contributed by atoms with Gasteiger partial charge in [0.25, 0.3) is 0 Å². The lowest BCUT2D eigenvalue weighted by Gasteiger charge is -2.47. The van der Waals surface area contributed by atoms with Gasteiger partial charge in [-0.05, 0) is 73.5 Å². The zero-order chi connectivity index (χ0) is 33.1. The van der Waals surface area contributed by atoms with Gasteiger partial charge in [0.05, 0.1) is 23.9 Å². The number of nitrogens with zero attached hydrogens (tertiary/aromatic N) is 1. The van der Waals surface area contributed by atoms with E-state index >= 15 is 0 Å². The molecule has 0 saturated carbocycles. The maximum absolute atomic E-state index is 14.0. The predicted octanol–water partition coefficient (Wildman–Crippen LogP) is 1.19. The van der Waals surface area contributed by atoms with Crippen molar-refractivity contribution in [2.45, 2.75) is 128 Å². The molecule has 3 heterocycles. The van der Waals surface area contributed by atoms with E-state index in [4.69, 9.17) is 29.4 Å². The quantitative estimate of drug-likeness (QED) is 0.245. The van der Waals surface area contributed by atoms with E-state index in [1.165, 1.54) is 6.92 Å². The van der Waals surface area contributed by atoms with Crippen LogP contribution in [-0.4, -0.2) is 122 Å². The molecule has 0 aromatic heterocycles. The van der Waals surface area contributed by atoms with Crippen LogP contribution in [0.4, 0.5) is 4.79 Å². The number of esters is 1. The number of nitrogens with one attached hydrogen (secondary N) is 2. The number of hydrogen-bond acceptors (Lipinski definition) is 12. The minimum absolute atomic E-state index is 0.0194.